The molecule has 0 saturated heterocycles. The Hall–Kier alpha value is -0.980. The summed E-state index contributed by atoms with van der Waals surface area (Å²) in [5.74, 6) is 0.421. The maximum atomic E-state index is 9.24. The molecule has 0 spiro atoms. The Labute approximate surface area is 61.4 Å². The first-order valence-corrected chi connectivity index (χ1v) is 3.56. The van der Waals surface area contributed by atoms with Gasteiger partial charge in [-0.05, 0) is 31.4 Å². The Morgan fingerprint density at radius 1 is 1.70 bits per heavy atom. The Morgan fingerprint density at radius 3 is 3.00 bits per heavy atom. The standard InChI is InChI=1S/C9H12O/c1-2-9(10)8-6-4-3-5-7-8/h2-4,6,10H,5,7H2,1H3. The number of allylic oxidation sites excluding steroid dienone is 5. The minimum absolute atomic E-state index is 0.421. The molecule has 10 heavy (non-hydrogen) atoms. The van der Waals surface area contributed by atoms with Crippen molar-refractivity contribution in [2.45, 2.75) is 19.8 Å². The van der Waals surface area contributed by atoms with Gasteiger partial charge in [0.15, 0.2) is 0 Å². The van der Waals surface area contributed by atoms with E-state index < -0.39 is 0 Å². The third kappa shape index (κ3) is 1.50. The van der Waals surface area contributed by atoms with Crippen LogP contribution in [-0.2, 0) is 0 Å². The first-order valence-electron chi connectivity index (χ1n) is 3.56. The van der Waals surface area contributed by atoms with E-state index in [4.69, 9.17) is 0 Å². The molecule has 0 aromatic heterocycles. The molecule has 0 aromatic carbocycles. The van der Waals surface area contributed by atoms with Gasteiger partial charge in [0.1, 0.15) is 5.76 Å². The third-order valence-corrected chi connectivity index (χ3v) is 1.62. The minimum Gasteiger partial charge on any atom is -0.508 e. The molecule has 1 aliphatic rings. The van der Waals surface area contributed by atoms with Gasteiger partial charge in [0.25, 0.3) is 0 Å². The number of aliphatic hydroxyl groups excluding tert-OH is 1. The van der Waals surface area contributed by atoms with Gasteiger partial charge in [-0.25, -0.2) is 0 Å². The fraction of sp³-hybridized carbons (Fsp3) is 0.333. The molecule has 0 fully saturated rings. The SMILES string of the molecule is CC=C(O)C1=CC=CCC1. The van der Waals surface area contributed by atoms with E-state index >= 15 is 0 Å². The highest BCUT2D eigenvalue weighted by Crippen LogP contribution is 2.17. The van der Waals surface area contributed by atoms with Crippen LogP contribution in [0.15, 0.2) is 35.6 Å². The van der Waals surface area contributed by atoms with E-state index in [0.717, 1.165) is 18.4 Å². The molecule has 0 heterocycles. The number of rotatable bonds is 1. The highest BCUT2D eigenvalue weighted by atomic mass is 16.3. The number of aliphatic hydroxyl groups is 1. The van der Waals surface area contributed by atoms with Crippen molar-refractivity contribution in [2.75, 3.05) is 0 Å². The van der Waals surface area contributed by atoms with Gasteiger partial charge in [-0.2, -0.15) is 0 Å². The predicted molar refractivity (Wildman–Crippen MR) is 42.8 cm³/mol. The van der Waals surface area contributed by atoms with Crippen LogP contribution >= 0.6 is 0 Å². The van der Waals surface area contributed by atoms with Gasteiger partial charge < -0.3 is 5.11 Å². The van der Waals surface area contributed by atoms with E-state index in [1.807, 2.05) is 19.1 Å². The second-order valence-electron chi connectivity index (χ2n) is 2.33. The second kappa shape index (κ2) is 3.25. The summed E-state index contributed by atoms with van der Waals surface area (Å²) in [4.78, 5) is 0. The second-order valence-corrected chi connectivity index (χ2v) is 2.33. The maximum Gasteiger partial charge on any atom is 0.114 e. The van der Waals surface area contributed by atoms with Gasteiger partial charge in [0.2, 0.25) is 0 Å². The zero-order valence-corrected chi connectivity index (χ0v) is 6.17. The molecular weight excluding hydrogens is 124 g/mol. The molecule has 0 unspecified atom stereocenters. The van der Waals surface area contributed by atoms with Crippen molar-refractivity contribution >= 4 is 0 Å². The lowest BCUT2D eigenvalue weighted by Gasteiger charge is -2.06. The van der Waals surface area contributed by atoms with E-state index in [0.29, 0.717) is 5.76 Å². The Kier molecular flexibility index (Phi) is 2.32. The van der Waals surface area contributed by atoms with E-state index in [-0.39, 0.29) is 0 Å². The van der Waals surface area contributed by atoms with Gasteiger partial charge in [-0.3, -0.25) is 0 Å². The molecule has 0 radical (unpaired) electrons. The van der Waals surface area contributed by atoms with Crippen molar-refractivity contribution in [3.8, 4) is 0 Å². The summed E-state index contributed by atoms with van der Waals surface area (Å²) >= 11 is 0. The molecule has 0 atom stereocenters. The van der Waals surface area contributed by atoms with Crippen molar-refractivity contribution in [2.24, 2.45) is 0 Å². The Bertz CT molecular complexity index is 197. The van der Waals surface area contributed by atoms with E-state index in [2.05, 4.69) is 6.08 Å². The average Bonchev–Trinajstić information content (AvgIpc) is 2.05. The van der Waals surface area contributed by atoms with Crippen LogP contribution in [0.3, 0.4) is 0 Å². The zero-order chi connectivity index (χ0) is 7.40. The van der Waals surface area contributed by atoms with Crippen molar-refractivity contribution in [3.05, 3.63) is 35.6 Å². The summed E-state index contributed by atoms with van der Waals surface area (Å²) in [7, 11) is 0. The molecule has 0 aliphatic heterocycles. The van der Waals surface area contributed by atoms with Crippen LogP contribution in [0, 0.1) is 0 Å². The van der Waals surface area contributed by atoms with Crippen LogP contribution in [0.2, 0.25) is 0 Å². The van der Waals surface area contributed by atoms with Crippen LogP contribution in [-0.4, -0.2) is 5.11 Å². The third-order valence-electron chi connectivity index (χ3n) is 1.62. The lowest BCUT2D eigenvalue weighted by Crippen LogP contribution is -1.90. The normalized spacial score (nSPS) is 18.9. The van der Waals surface area contributed by atoms with Crippen LogP contribution in [0.1, 0.15) is 19.8 Å². The lowest BCUT2D eigenvalue weighted by atomic mass is 10.0. The minimum atomic E-state index is 0.421. The van der Waals surface area contributed by atoms with Crippen LogP contribution < -0.4 is 0 Å². The van der Waals surface area contributed by atoms with Gasteiger partial charge in [0.05, 0.1) is 0 Å². The molecule has 1 aliphatic carbocycles. The fourth-order valence-electron chi connectivity index (χ4n) is 1.00. The Morgan fingerprint density at radius 2 is 2.50 bits per heavy atom. The van der Waals surface area contributed by atoms with Gasteiger partial charge in [0, 0.05) is 0 Å². The topological polar surface area (TPSA) is 20.2 Å². The van der Waals surface area contributed by atoms with Gasteiger partial charge in [-0.15, -0.1) is 0 Å². The summed E-state index contributed by atoms with van der Waals surface area (Å²) in [6, 6.07) is 0. The fourth-order valence-corrected chi connectivity index (χ4v) is 1.00. The summed E-state index contributed by atoms with van der Waals surface area (Å²) in [5.41, 5.74) is 1.05. The smallest absolute Gasteiger partial charge is 0.114 e. The molecule has 1 heteroatoms. The van der Waals surface area contributed by atoms with E-state index in [1.54, 1.807) is 6.08 Å². The number of hydrogen-bond donors (Lipinski definition) is 1. The highest BCUT2D eigenvalue weighted by molar-refractivity contribution is 5.30. The first-order chi connectivity index (χ1) is 4.84. The van der Waals surface area contributed by atoms with Crippen molar-refractivity contribution < 1.29 is 5.11 Å². The molecule has 0 amide bonds. The molecule has 1 N–H and O–H groups in total. The first kappa shape index (κ1) is 7.13. The monoisotopic (exact) mass is 136 g/mol. The van der Waals surface area contributed by atoms with Crippen LogP contribution in [0.5, 0.6) is 0 Å². The van der Waals surface area contributed by atoms with Gasteiger partial charge in [-0.1, -0.05) is 18.2 Å². The molecule has 0 bridgehead atoms. The highest BCUT2D eigenvalue weighted by Gasteiger charge is 2.01. The van der Waals surface area contributed by atoms with Crippen molar-refractivity contribution in [1.29, 1.82) is 0 Å². The molecular formula is C9H12O. The average molecular weight is 136 g/mol. The summed E-state index contributed by atoms with van der Waals surface area (Å²) in [5, 5.41) is 9.24. The zero-order valence-electron chi connectivity index (χ0n) is 6.17. The summed E-state index contributed by atoms with van der Waals surface area (Å²) in [6.45, 7) is 1.84. The van der Waals surface area contributed by atoms with Crippen molar-refractivity contribution in [1.82, 2.24) is 0 Å². The quantitative estimate of drug-likeness (QED) is 0.549. The maximum absolute atomic E-state index is 9.24. The van der Waals surface area contributed by atoms with Crippen LogP contribution in [0.25, 0.3) is 0 Å². The number of hydrogen-bond acceptors (Lipinski definition) is 1. The molecule has 54 valence electrons. The lowest BCUT2D eigenvalue weighted by molar-refractivity contribution is 0.417. The molecule has 1 rings (SSSR count). The van der Waals surface area contributed by atoms with E-state index in [1.165, 1.54) is 0 Å². The molecule has 1 nitrogen and oxygen atoms in total. The molecule has 0 aromatic rings. The largest absolute Gasteiger partial charge is 0.508 e. The van der Waals surface area contributed by atoms with Crippen molar-refractivity contribution in [3.63, 3.8) is 0 Å². The van der Waals surface area contributed by atoms with Crippen LogP contribution in [0.4, 0.5) is 0 Å². The molecule has 0 saturated carbocycles. The Balaban J connectivity index is 2.72. The van der Waals surface area contributed by atoms with Gasteiger partial charge >= 0.3 is 0 Å². The summed E-state index contributed by atoms with van der Waals surface area (Å²) in [6.07, 6.45) is 9.78. The summed E-state index contributed by atoms with van der Waals surface area (Å²) < 4.78 is 0. The van der Waals surface area contributed by atoms with E-state index in [9.17, 15) is 5.11 Å². The predicted octanol–water partition coefficient (Wildman–Crippen LogP) is 2.72.